The minimum atomic E-state index is -4.53. The summed E-state index contributed by atoms with van der Waals surface area (Å²) < 4.78 is 44.2. The van der Waals surface area contributed by atoms with Gasteiger partial charge in [-0.3, -0.25) is 4.79 Å². The third-order valence-corrected chi connectivity index (χ3v) is 3.37. The molecule has 1 aromatic carbocycles. The molecule has 0 unspecified atom stereocenters. The molecule has 0 saturated heterocycles. The van der Waals surface area contributed by atoms with E-state index in [0.717, 1.165) is 6.07 Å². The van der Waals surface area contributed by atoms with Crippen molar-refractivity contribution < 1.29 is 22.4 Å². The Morgan fingerprint density at radius 2 is 1.92 bits per heavy atom. The van der Waals surface area contributed by atoms with E-state index in [1.54, 1.807) is 12.1 Å². The lowest BCUT2D eigenvalue weighted by Gasteiger charge is -2.13. The van der Waals surface area contributed by atoms with Gasteiger partial charge in [0.1, 0.15) is 11.5 Å². The largest absolute Gasteiger partial charge is 0.467 e. The van der Waals surface area contributed by atoms with Gasteiger partial charge in [-0.05, 0) is 30.3 Å². The first kappa shape index (κ1) is 17.5. The first-order valence-electron chi connectivity index (χ1n) is 7.50. The van der Waals surface area contributed by atoms with Gasteiger partial charge in [0.15, 0.2) is 0 Å². The Kier molecular flexibility index (Phi) is 4.87. The molecule has 2 aromatic heterocycles. The zero-order valence-corrected chi connectivity index (χ0v) is 13.2. The van der Waals surface area contributed by atoms with E-state index in [4.69, 9.17) is 4.42 Å². The molecular weight excluding hydrogens is 349 g/mol. The summed E-state index contributed by atoms with van der Waals surface area (Å²) in [7, 11) is 0. The van der Waals surface area contributed by atoms with Crippen LogP contribution < -0.4 is 10.6 Å². The molecule has 26 heavy (non-hydrogen) atoms. The average Bonchev–Trinajstić information content (AvgIpc) is 3.13. The summed E-state index contributed by atoms with van der Waals surface area (Å²) in [6, 6.07) is 9.69. The number of furan rings is 1. The first-order valence-corrected chi connectivity index (χ1v) is 7.50. The Morgan fingerprint density at radius 3 is 2.65 bits per heavy atom. The van der Waals surface area contributed by atoms with Crippen molar-refractivity contribution in [2.45, 2.75) is 12.7 Å². The minimum Gasteiger partial charge on any atom is -0.467 e. The number of anilines is 2. The number of hydrogen-bond donors (Lipinski definition) is 2. The Bertz CT molecular complexity index is 895. The zero-order chi connectivity index (χ0) is 18.6. The smallest absolute Gasteiger partial charge is 0.418 e. The van der Waals surface area contributed by atoms with Gasteiger partial charge in [0.2, 0.25) is 5.95 Å². The topological polar surface area (TPSA) is 80.0 Å². The highest BCUT2D eigenvalue weighted by molar-refractivity contribution is 5.92. The summed E-state index contributed by atoms with van der Waals surface area (Å²) >= 11 is 0. The van der Waals surface area contributed by atoms with Gasteiger partial charge < -0.3 is 15.1 Å². The number of nitrogens with zero attached hydrogens (tertiary/aromatic N) is 2. The van der Waals surface area contributed by atoms with Crippen LogP contribution in [0, 0.1) is 0 Å². The van der Waals surface area contributed by atoms with E-state index in [1.807, 2.05) is 0 Å². The molecule has 0 aliphatic heterocycles. The predicted octanol–water partition coefficient (Wildman–Crippen LogP) is 3.76. The van der Waals surface area contributed by atoms with E-state index < -0.39 is 17.6 Å². The van der Waals surface area contributed by atoms with Crippen molar-refractivity contribution >= 4 is 17.5 Å². The predicted molar refractivity (Wildman–Crippen MR) is 86.6 cm³/mol. The number of benzene rings is 1. The Balaban J connectivity index is 1.75. The number of carbonyl (C=O) groups is 1. The summed E-state index contributed by atoms with van der Waals surface area (Å²) in [5, 5.41) is 5.10. The van der Waals surface area contributed by atoms with Gasteiger partial charge in [-0.15, -0.1) is 0 Å². The van der Waals surface area contributed by atoms with Crippen LogP contribution in [-0.4, -0.2) is 15.9 Å². The van der Waals surface area contributed by atoms with E-state index >= 15 is 0 Å². The molecule has 0 aliphatic rings. The van der Waals surface area contributed by atoms with Gasteiger partial charge in [0, 0.05) is 6.20 Å². The molecule has 0 spiro atoms. The van der Waals surface area contributed by atoms with Crippen molar-refractivity contribution in [1.82, 2.24) is 15.3 Å². The molecule has 1 amide bonds. The average molecular weight is 362 g/mol. The normalized spacial score (nSPS) is 11.2. The van der Waals surface area contributed by atoms with E-state index in [2.05, 4.69) is 20.6 Å². The van der Waals surface area contributed by atoms with Gasteiger partial charge in [0.05, 0.1) is 24.1 Å². The lowest BCUT2D eigenvalue weighted by atomic mass is 10.1. The van der Waals surface area contributed by atoms with Gasteiger partial charge in [-0.2, -0.15) is 13.2 Å². The lowest BCUT2D eigenvalue weighted by Crippen LogP contribution is -2.24. The molecule has 0 atom stereocenters. The molecule has 0 fully saturated rings. The number of nitrogens with one attached hydrogen (secondary N) is 2. The van der Waals surface area contributed by atoms with Crippen LogP contribution in [0.4, 0.5) is 24.8 Å². The van der Waals surface area contributed by atoms with E-state index in [-0.39, 0.29) is 23.9 Å². The third-order valence-electron chi connectivity index (χ3n) is 3.37. The fourth-order valence-electron chi connectivity index (χ4n) is 2.18. The summed E-state index contributed by atoms with van der Waals surface area (Å²) in [6.45, 7) is 0.162. The molecule has 0 bridgehead atoms. The maximum Gasteiger partial charge on any atom is 0.418 e. The molecule has 6 nitrogen and oxygen atoms in total. The van der Waals surface area contributed by atoms with E-state index in [0.29, 0.717) is 5.76 Å². The van der Waals surface area contributed by atoms with Crippen molar-refractivity contribution in [1.29, 1.82) is 0 Å². The fraction of sp³-hybridized carbons (Fsp3) is 0.118. The number of alkyl halides is 3. The number of halogens is 3. The molecule has 2 N–H and O–H groups in total. The molecule has 3 aromatic rings. The molecular formula is C17H13F3N4O2. The standard InChI is InChI=1S/C17H13F3N4O2/c18-17(19,20)12-5-1-2-6-13(12)23-16-21-8-7-14(24-16)15(25)22-10-11-4-3-9-26-11/h1-9H,10H2,(H,22,25)(H,21,23,24). The number of rotatable bonds is 5. The quantitative estimate of drug-likeness (QED) is 0.722. The maximum absolute atomic E-state index is 13.0. The number of carbonyl (C=O) groups excluding carboxylic acids is 1. The van der Waals surface area contributed by atoms with Crippen molar-refractivity contribution in [3.63, 3.8) is 0 Å². The molecule has 0 radical (unpaired) electrons. The van der Waals surface area contributed by atoms with Crippen LogP contribution in [0.1, 0.15) is 21.8 Å². The van der Waals surface area contributed by atoms with Crippen LogP contribution in [0.15, 0.2) is 59.3 Å². The summed E-state index contributed by atoms with van der Waals surface area (Å²) in [6.07, 6.45) is -1.76. The lowest BCUT2D eigenvalue weighted by molar-refractivity contribution is -0.136. The number of aromatic nitrogens is 2. The van der Waals surface area contributed by atoms with Crippen LogP contribution >= 0.6 is 0 Å². The Morgan fingerprint density at radius 1 is 1.12 bits per heavy atom. The highest BCUT2D eigenvalue weighted by atomic mass is 19.4. The zero-order valence-electron chi connectivity index (χ0n) is 13.2. The second kappa shape index (κ2) is 7.26. The van der Waals surface area contributed by atoms with Gasteiger partial charge in [-0.25, -0.2) is 9.97 Å². The molecule has 0 aliphatic carbocycles. The molecule has 2 heterocycles. The Labute approximate surface area is 146 Å². The first-order chi connectivity index (χ1) is 12.4. The SMILES string of the molecule is O=C(NCc1ccco1)c1ccnc(Nc2ccccc2C(F)(F)F)n1. The van der Waals surface area contributed by atoms with Crippen molar-refractivity contribution in [2.24, 2.45) is 0 Å². The monoisotopic (exact) mass is 362 g/mol. The van der Waals surface area contributed by atoms with Crippen molar-refractivity contribution in [2.75, 3.05) is 5.32 Å². The maximum atomic E-state index is 13.0. The van der Waals surface area contributed by atoms with E-state index in [9.17, 15) is 18.0 Å². The number of hydrogen-bond acceptors (Lipinski definition) is 5. The van der Waals surface area contributed by atoms with Crippen LogP contribution in [-0.2, 0) is 12.7 Å². The minimum absolute atomic E-state index is 0.0125. The van der Waals surface area contributed by atoms with Crippen LogP contribution in [0.25, 0.3) is 0 Å². The fourth-order valence-corrected chi connectivity index (χ4v) is 2.18. The van der Waals surface area contributed by atoms with E-state index in [1.165, 1.54) is 36.7 Å². The second-order valence-corrected chi connectivity index (χ2v) is 5.20. The summed E-state index contributed by atoms with van der Waals surface area (Å²) in [5.41, 5.74) is -1.04. The summed E-state index contributed by atoms with van der Waals surface area (Å²) in [4.78, 5) is 19.9. The third kappa shape index (κ3) is 4.18. The van der Waals surface area contributed by atoms with Crippen LogP contribution in [0.2, 0.25) is 0 Å². The van der Waals surface area contributed by atoms with Crippen molar-refractivity contribution in [3.05, 3.63) is 71.9 Å². The highest BCUT2D eigenvalue weighted by Gasteiger charge is 2.33. The van der Waals surface area contributed by atoms with Crippen LogP contribution in [0.3, 0.4) is 0 Å². The number of para-hydroxylation sites is 1. The Hall–Kier alpha value is -3.36. The molecule has 9 heteroatoms. The van der Waals surface area contributed by atoms with Gasteiger partial charge in [-0.1, -0.05) is 12.1 Å². The van der Waals surface area contributed by atoms with Gasteiger partial charge >= 0.3 is 6.18 Å². The second-order valence-electron chi connectivity index (χ2n) is 5.20. The van der Waals surface area contributed by atoms with Crippen molar-refractivity contribution in [3.8, 4) is 0 Å². The van der Waals surface area contributed by atoms with Gasteiger partial charge in [0.25, 0.3) is 5.91 Å². The van der Waals surface area contributed by atoms with Crippen LogP contribution in [0.5, 0.6) is 0 Å². The summed E-state index contributed by atoms with van der Waals surface area (Å²) in [5.74, 6) is -0.0619. The molecule has 0 saturated carbocycles. The molecule has 3 rings (SSSR count). The highest BCUT2D eigenvalue weighted by Crippen LogP contribution is 2.35. The molecule has 134 valence electrons. The number of amides is 1.